The highest BCUT2D eigenvalue weighted by Crippen LogP contribution is 2.32. The summed E-state index contributed by atoms with van der Waals surface area (Å²) in [4.78, 5) is 14.9. The van der Waals surface area contributed by atoms with E-state index in [1.54, 1.807) is 7.11 Å². The standard InChI is InChI=1S/C20H28ClNO3/c1-24-11-12-25-18-8-7-15(19(21)14-18)13-16-9-10-22(20(16)23)17-5-3-2-4-6-17/h7-8,14,16-17H,2-6,9-13H2,1H3. The van der Waals surface area contributed by atoms with Crippen LogP contribution in [0, 0.1) is 5.92 Å². The molecule has 1 saturated heterocycles. The molecule has 0 spiro atoms. The Morgan fingerprint density at radius 3 is 2.68 bits per heavy atom. The highest BCUT2D eigenvalue weighted by molar-refractivity contribution is 6.31. The van der Waals surface area contributed by atoms with E-state index in [2.05, 4.69) is 4.90 Å². The lowest BCUT2D eigenvalue weighted by Gasteiger charge is -2.31. The lowest BCUT2D eigenvalue weighted by molar-refractivity contribution is -0.133. The normalized spacial score (nSPS) is 21.8. The third kappa shape index (κ3) is 4.68. The van der Waals surface area contributed by atoms with Gasteiger partial charge in [0.2, 0.25) is 5.91 Å². The number of ether oxygens (including phenoxy) is 2. The summed E-state index contributed by atoms with van der Waals surface area (Å²) >= 11 is 6.42. The van der Waals surface area contributed by atoms with E-state index < -0.39 is 0 Å². The molecule has 1 aromatic carbocycles. The lowest BCUT2D eigenvalue weighted by atomic mass is 9.94. The summed E-state index contributed by atoms with van der Waals surface area (Å²) in [6.45, 7) is 1.96. The minimum atomic E-state index is 0.0692. The van der Waals surface area contributed by atoms with Gasteiger partial charge in [0, 0.05) is 30.6 Å². The van der Waals surface area contributed by atoms with Crippen LogP contribution in [0.15, 0.2) is 18.2 Å². The third-order valence-corrected chi connectivity index (χ3v) is 5.77. The number of hydrogen-bond donors (Lipinski definition) is 0. The maximum Gasteiger partial charge on any atom is 0.226 e. The second-order valence-corrected chi connectivity index (χ2v) is 7.51. The molecular weight excluding hydrogens is 338 g/mol. The number of benzene rings is 1. The first-order valence-corrected chi connectivity index (χ1v) is 9.77. The lowest BCUT2D eigenvalue weighted by Crippen LogP contribution is -2.39. The van der Waals surface area contributed by atoms with E-state index in [9.17, 15) is 4.79 Å². The van der Waals surface area contributed by atoms with Crippen molar-refractivity contribution < 1.29 is 14.3 Å². The first kappa shape index (κ1) is 18.5. The summed E-state index contributed by atoms with van der Waals surface area (Å²) < 4.78 is 10.6. The fourth-order valence-electron chi connectivity index (χ4n) is 4.00. The molecule has 3 rings (SSSR count). The van der Waals surface area contributed by atoms with Crippen LogP contribution in [-0.4, -0.2) is 43.7 Å². The Bertz CT molecular complexity index is 586. The smallest absolute Gasteiger partial charge is 0.226 e. The highest BCUT2D eigenvalue weighted by Gasteiger charge is 2.36. The van der Waals surface area contributed by atoms with Crippen molar-refractivity contribution in [1.82, 2.24) is 4.90 Å². The second kappa shape index (κ2) is 8.91. The van der Waals surface area contributed by atoms with E-state index >= 15 is 0 Å². The number of rotatable bonds is 7. The predicted molar refractivity (Wildman–Crippen MR) is 99.2 cm³/mol. The van der Waals surface area contributed by atoms with Crippen LogP contribution < -0.4 is 4.74 Å². The van der Waals surface area contributed by atoms with E-state index in [1.807, 2.05) is 18.2 Å². The summed E-state index contributed by atoms with van der Waals surface area (Å²) in [7, 11) is 1.65. The highest BCUT2D eigenvalue weighted by atomic mass is 35.5. The van der Waals surface area contributed by atoms with Gasteiger partial charge in [0.15, 0.2) is 0 Å². The molecular formula is C20H28ClNO3. The van der Waals surface area contributed by atoms with Crippen molar-refractivity contribution in [2.45, 2.75) is 51.0 Å². The summed E-state index contributed by atoms with van der Waals surface area (Å²) in [6.07, 6.45) is 7.85. The molecule has 0 aromatic heterocycles. The van der Waals surface area contributed by atoms with Gasteiger partial charge < -0.3 is 14.4 Å². The Morgan fingerprint density at radius 1 is 1.16 bits per heavy atom. The number of hydrogen-bond acceptors (Lipinski definition) is 3. The number of likely N-dealkylation sites (tertiary alicyclic amines) is 1. The zero-order chi connectivity index (χ0) is 17.6. The molecule has 1 saturated carbocycles. The van der Waals surface area contributed by atoms with Crippen LogP contribution in [0.2, 0.25) is 5.02 Å². The summed E-state index contributed by atoms with van der Waals surface area (Å²) in [5.41, 5.74) is 1.03. The van der Waals surface area contributed by atoms with Crippen LogP contribution in [0.5, 0.6) is 5.75 Å². The Morgan fingerprint density at radius 2 is 1.96 bits per heavy atom. The van der Waals surface area contributed by atoms with Gasteiger partial charge in [0.1, 0.15) is 12.4 Å². The largest absolute Gasteiger partial charge is 0.491 e. The Kier molecular flexibility index (Phi) is 6.60. The van der Waals surface area contributed by atoms with Crippen LogP contribution in [0.3, 0.4) is 0 Å². The minimum absolute atomic E-state index is 0.0692. The quantitative estimate of drug-likeness (QED) is 0.683. The maximum absolute atomic E-state index is 12.8. The zero-order valence-corrected chi connectivity index (χ0v) is 15.8. The molecule has 1 unspecified atom stereocenters. The molecule has 4 nitrogen and oxygen atoms in total. The SMILES string of the molecule is COCCOc1ccc(CC2CCN(C3CCCCC3)C2=O)c(Cl)c1. The van der Waals surface area contributed by atoms with Gasteiger partial charge in [-0.25, -0.2) is 0 Å². The predicted octanol–water partition coefficient (Wildman–Crippen LogP) is 4.09. The van der Waals surface area contributed by atoms with Crippen molar-refractivity contribution in [1.29, 1.82) is 0 Å². The van der Waals surface area contributed by atoms with Gasteiger partial charge in [-0.15, -0.1) is 0 Å². The Balaban J connectivity index is 1.57. The molecule has 25 heavy (non-hydrogen) atoms. The van der Waals surface area contributed by atoms with Crippen LogP contribution in [0.25, 0.3) is 0 Å². The molecule has 2 aliphatic rings. The molecule has 2 fully saturated rings. The zero-order valence-electron chi connectivity index (χ0n) is 15.0. The van der Waals surface area contributed by atoms with Gasteiger partial charge >= 0.3 is 0 Å². The fraction of sp³-hybridized carbons (Fsp3) is 0.650. The van der Waals surface area contributed by atoms with Crippen LogP contribution >= 0.6 is 11.6 Å². The first-order chi connectivity index (χ1) is 12.2. The molecule has 0 bridgehead atoms. The number of carbonyl (C=O) groups excluding carboxylic acids is 1. The summed E-state index contributed by atoms with van der Waals surface area (Å²) in [5, 5.41) is 0.679. The van der Waals surface area contributed by atoms with Gasteiger partial charge in [-0.05, 0) is 43.4 Å². The Labute approximate surface area is 155 Å². The molecule has 1 aliphatic carbocycles. The monoisotopic (exact) mass is 365 g/mol. The van der Waals surface area contributed by atoms with E-state index in [1.165, 1.54) is 32.1 Å². The van der Waals surface area contributed by atoms with Crippen molar-refractivity contribution in [2.24, 2.45) is 5.92 Å². The van der Waals surface area contributed by atoms with E-state index in [0.29, 0.717) is 30.2 Å². The first-order valence-electron chi connectivity index (χ1n) is 9.39. The number of halogens is 1. The minimum Gasteiger partial charge on any atom is -0.491 e. The van der Waals surface area contributed by atoms with Crippen molar-refractivity contribution >= 4 is 17.5 Å². The molecule has 0 N–H and O–H groups in total. The number of amides is 1. The number of carbonyl (C=O) groups is 1. The van der Waals surface area contributed by atoms with Gasteiger partial charge in [0.05, 0.1) is 6.61 Å². The average Bonchev–Trinajstić information content (AvgIpc) is 2.99. The van der Waals surface area contributed by atoms with Gasteiger partial charge in [-0.3, -0.25) is 4.79 Å². The molecule has 138 valence electrons. The van der Waals surface area contributed by atoms with Crippen molar-refractivity contribution in [3.05, 3.63) is 28.8 Å². The van der Waals surface area contributed by atoms with Gasteiger partial charge in [-0.1, -0.05) is 36.9 Å². The van der Waals surface area contributed by atoms with Crippen molar-refractivity contribution in [3.63, 3.8) is 0 Å². The van der Waals surface area contributed by atoms with E-state index in [-0.39, 0.29) is 5.92 Å². The fourth-order valence-corrected chi connectivity index (χ4v) is 4.25. The van der Waals surface area contributed by atoms with Crippen LogP contribution in [0.4, 0.5) is 0 Å². The molecule has 1 aliphatic heterocycles. The Hall–Kier alpha value is -1.26. The summed E-state index contributed by atoms with van der Waals surface area (Å²) in [6, 6.07) is 6.22. The molecule has 1 heterocycles. The second-order valence-electron chi connectivity index (χ2n) is 7.11. The van der Waals surface area contributed by atoms with Gasteiger partial charge in [0.25, 0.3) is 0 Å². The van der Waals surface area contributed by atoms with E-state index in [0.717, 1.165) is 30.7 Å². The maximum atomic E-state index is 12.8. The molecule has 1 amide bonds. The summed E-state index contributed by atoms with van der Waals surface area (Å²) in [5.74, 6) is 1.13. The molecule has 0 radical (unpaired) electrons. The van der Waals surface area contributed by atoms with Crippen LogP contribution in [-0.2, 0) is 16.0 Å². The number of methoxy groups -OCH3 is 1. The third-order valence-electron chi connectivity index (χ3n) is 5.41. The molecule has 1 aromatic rings. The number of nitrogens with zero attached hydrogens (tertiary/aromatic N) is 1. The molecule has 5 heteroatoms. The van der Waals surface area contributed by atoms with Crippen molar-refractivity contribution in [3.8, 4) is 5.75 Å². The van der Waals surface area contributed by atoms with E-state index in [4.69, 9.17) is 21.1 Å². The van der Waals surface area contributed by atoms with Gasteiger partial charge in [-0.2, -0.15) is 0 Å². The molecule has 1 atom stereocenters. The topological polar surface area (TPSA) is 38.8 Å². The van der Waals surface area contributed by atoms with Crippen molar-refractivity contribution in [2.75, 3.05) is 26.9 Å². The van der Waals surface area contributed by atoms with Crippen LogP contribution in [0.1, 0.15) is 44.1 Å². The average molecular weight is 366 g/mol.